The van der Waals surface area contributed by atoms with Crippen molar-refractivity contribution >= 4 is 17.0 Å². The van der Waals surface area contributed by atoms with Crippen LogP contribution in [0.2, 0.25) is 0 Å². The van der Waals surface area contributed by atoms with E-state index in [9.17, 15) is 0 Å². The number of aromatic nitrogens is 2. The lowest BCUT2D eigenvalue weighted by Crippen LogP contribution is -2.12. The lowest BCUT2D eigenvalue weighted by molar-refractivity contribution is 0.183. The van der Waals surface area contributed by atoms with Crippen molar-refractivity contribution in [1.29, 1.82) is 0 Å². The molecule has 17 heavy (non-hydrogen) atoms. The summed E-state index contributed by atoms with van der Waals surface area (Å²) in [6.45, 7) is 4.71. The molecule has 0 aliphatic carbocycles. The monoisotopic (exact) mass is 231 g/mol. The summed E-state index contributed by atoms with van der Waals surface area (Å²) in [6, 6.07) is 6.25. The predicted octanol–water partition coefficient (Wildman–Crippen LogP) is 1.96. The fraction of sp³-hybridized carbons (Fsp3) is 0.462. The largest absolute Gasteiger partial charge is 0.381 e. The van der Waals surface area contributed by atoms with E-state index in [-0.39, 0.29) is 0 Å². The number of rotatable bonds is 2. The van der Waals surface area contributed by atoms with E-state index in [0.29, 0.717) is 11.9 Å². The van der Waals surface area contributed by atoms with E-state index >= 15 is 0 Å². The van der Waals surface area contributed by atoms with Crippen molar-refractivity contribution in [1.82, 2.24) is 9.55 Å². The third-order valence-corrected chi connectivity index (χ3v) is 3.40. The molecule has 1 aromatic carbocycles. The summed E-state index contributed by atoms with van der Waals surface area (Å²) in [5.74, 6) is 1.17. The predicted molar refractivity (Wildman–Crippen MR) is 67.8 cm³/mol. The second kappa shape index (κ2) is 4.04. The summed E-state index contributed by atoms with van der Waals surface area (Å²) in [5.41, 5.74) is 9.34. The van der Waals surface area contributed by atoms with E-state index in [2.05, 4.69) is 28.6 Å². The highest BCUT2D eigenvalue weighted by molar-refractivity contribution is 5.79. The lowest BCUT2D eigenvalue weighted by atomic mass is 10.1. The SMILES string of the molecule is Cc1ccc2nc(N)n(CC3CCOC3)c2c1. The van der Waals surface area contributed by atoms with Gasteiger partial charge in [-0.3, -0.25) is 0 Å². The van der Waals surface area contributed by atoms with Crippen molar-refractivity contribution in [3.63, 3.8) is 0 Å². The maximum absolute atomic E-state index is 5.99. The first kappa shape index (κ1) is 10.6. The molecule has 1 atom stereocenters. The number of nitrogens with two attached hydrogens (primary N) is 1. The number of ether oxygens (including phenoxy) is 1. The highest BCUT2D eigenvalue weighted by atomic mass is 16.5. The Hall–Kier alpha value is -1.55. The molecule has 0 amide bonds. The molecule has 0 radical (unpaired) electrons. The molecular weight excluding hydrogens is 214 g/mol. The van der Waals surface area contributed by atoms with Gasteiger partial charge in [0.05, 0.1) is 17.6 Å². The van der Waals surface area contributed by atoms with Crippen LogP contribution in [0.1, 0.15) is 12.0 Å². The van der Waals surface area contributed by atoms with Crippen molar-refractivity contribution in [2.24, 2.45) is 5.92 Å². The van der Waals surface area contributed by atoms with E-state index in [1.54, 1.807) is 0 Å². The number of anilines is 1. The van der Waals surface area contributed by atoms with Gasteiger partial charge in [-0.05, 0) is 31.0 Å². The smallest absolute Gasteiger partial charge is 0.201 e. The molecule has 1 aliphatic rings. The number of hydrogen-bond acceptors (Lipinski definition) is 3. The van der Waals surface area contributed by atoms with E-state index in [1.165, 1.54) is 5.56 Å². The van der Waals surface area contributed by atoms with Gasteiger partial charge in [0, 0.05) is 19.1 Å². The van der Waals surface area contributed by atoms with Gasteiger partial charge >= 0.3 is 0 Å². The number of fused-ring (bicyclic) bond motifs is 1. The normalized spacial score (nSPS) is 20.2. The summed E-state index contributed by atoms with van der Waals surface area (Å²) >= 11 is 0. The second-order valence-corrected chi connectivity index (χ2v) is 4.80. The molecule has 1 aromatic heterocycles. The third-order valence-electron chi connectivity index (χ3n) is 3.40. The van der Waals surface area contributed by atoms with Crippen LogP contribution in [0, 0.1) is 12.8 Å². The van der Waals surface area contributed by atoms with Gasteiger partial charge in [0.2, 0.25) is 5.95 Å². The maximum Gasteiger partial charge on any atom is 0.201 e. The Kier molecular flexibility index (Phi) is 2.52. The minimum absolute atomic E-state index is 0.565. The molecule has 3 rings (SSSR count). The molecule has 4 heteroatoms. The van der Waals surface area contributed by atoms with Gasteiger partial charge < -0.3 is 15.0 Å². The van der Waals surface area contributed by atoms with Crippen LogP contribution in [0.5, 0.6) is 0 Å². The van der Waals surface area contributed by atoms with Crippen LogP contribution >= 0.6 is 0 Å². The highest BCUT2D eigenvalue weighted by Gasteiger charge is 2.18. The average molecular weight is 231 g/mol. The fourth-order valence-electron chi connectivity index (χ4n) is 2.43. The number of hydrogen-bond donors (Lipinski definition) is 1. The summed E-state index contributed by atoms with van der Waals surface area (Å²) in [6.07, 6.45) is 1.12. The molecule has 1 unspecified atom stereocenters. The highest BCUT2D eigenvalue weighted by Crippen LogP contribution is 2.23. The summed E-state index contributed by atoms with van der Waals surface area (Å²) < 4.78 is 7.52. The zero-order chi connectivity index (χ0) is 11.8. The molecule has 0 bridgehead atoms. The van der Waals surface area contributed by atoms with Gasteiger partial charge in [0.1, 0.15) is 0 Å². The number of nitrogen functional groups attached to an aromatic ring is 1. The molecule has 2 heterocycles. The van der Waals surface area contributed by atoms with E-state index in [4.69, 9.17) is 10.5 Å². The first-order chi connectivity index (χ1) is 8.24. The topological polar surface area (TPSA) is 53.1 Å². The van der Waals surface area contributed by atoms with E-state index in [1.807, 2.05) is 6.07 Å². The minimum atomic E-state index is 0.565. The Morgan fingerprint density at radius 1 is 1.53 bits per heavy atom. The summed E-state index contributed by atoms with van der Waals surface area (Å²) in [7, 11) is 0. The number of benzene rings is 1. The van der Waals surface area contributed by atoms with Crippen molar-refractivity contribution in [2.45, 2.75) is 19.9 Å². The average Bonchev–Trinajstić information content (AvgIpc) is 2.90. The van der Waals surface area contributed by atoms with Gasteiger partial charge in [0.15, 0.2) is 0 Å². The molecule has 1 fully saturated rings. The van der Waals surface area contributed by atoms with Gasteiger partial charge in [-0.2, -0.15) is 0 Å². The summed E-state index contributed by atoms with van der Waals surface area (Å²) in [5, 5.41) is 0. The second-order valence-electron chi connectivity index (χ2n) is 4.80. The standard InChI is InChI=1S/C13H17N3O/c1-9-2-3-11-12(6-9)16(13(14)15-11)7-10-4-5-17-8-10/h2-3,6,10H,4-5,7-8H2,1H3,(H2,14,15). The van der Waals surface area contributed by atoms with Crippen molar-refractivity contribution in [3.05, 3.63) is 23.8 Å². The Balaban J connectivity index is 2.01. The van der Waals surface area contributed by atoms with Crippen LogP contribution in [-0.2, 0) is 11.3 Å². The Labute approximate surface area is 100 Å². The van der Waals surface area contributed by atoms with E-state index in [0.717, 1.165) is 37.2 Å². The van der Waals surface area contributed by atoms with Gasteiger partial charge in [-0.1, -0.05) is 6.07 Å². The van der Waals surface area contributed by atoms with Crippen LogP contribution in [-0.4, -0.2) is 22.8 Å². The first-order valence-corrected chi connectivity index (χ1v) is 6.04. The molecule has 2 N–H and O–H groups in total. The fourth-order valence-corrected chi connectivity index (χ4v) is 2.43. The van der Waals surface area contributed by atoms with E-state index < -0.39 is 0 Å². The molecule has 2 aromatic rings. The molecular formula is C13H17N3O. The zero-order valence-corrected chi connectivity index (χ0v) is 10.0. The Morgan fingerprint density at radius 2 is 2.41 bits per heavy atom. The molecule has 0 spiro atoms. The zero-order valence-electron chi connectivity index (χ0n) is 10.0. The van der Waals surface area contributed by atoms with Crippen LogP contribution in [0.3, 0.4) is 0 Å². The van der Waals surface area contributed by atoms with Gasteiger partial charge in [-0.25, -0.2) is 4.98 Å². The van der Waals surface area contributed by atoms with Crippen LogP contribution in [0.25, 0.3) is 11.0 Å². The Morgan fingerprint density at radius 3 is 3.18 bits per heavy atom. The van der Waals surface area contributed by atoms with Crippen LogP contribution in [0.15, 0.2) is 18.2 Å². The number of nitrogens with zero attached hydrogens (tertiary/aromatic N) is 2. The molecule has 4 nitrogen and oxygen atoms in total. The molecule has 0 saturated carbocycles. The quantitative estimate of drug-likeness (QED) is 0.859. The van der Waals surface area contributed by atoms with Crippen molar-refractivity contribution in [2.75, 3.05) is 18.9 Å². The Bertz CT molecular complexity index is 541. The van der Waals surface area contributed by atoms with Crippen molar-refractivity contribution < 1.29 is 4.74 Å². The first-order valence-electron chi connectivity index (χ1n) is 6.04. The van der Waals surface area contributed by atoms with Gasteiger partial charge in [-0.15, -0.1) is 0 Å². The maximum atomic E-state index is 5.99. The molecule has 1 aliphatic heterocycles. The van der Waals surface area contributed by atoms with Crippen LogP contribution in [0.4, 0.5) is 5.95 Å². The molecule has 90 valence electrons. The lowest BCUT2D eigenvalue weighted by Gasteiger charge is -2.11. The number of imidazole rings is 1. The summed E-state index contributed by atoms with van der Waals surface area (Å²) in [4.78, 5) is 4.40. The van der Waals surface area contributed by atoms with Crippen molar-refractivity contribution in [3.8, 4) is 0 Å². The van der Waals surface area contributed by atoms with Gasteiger partial charge in [0.25, 0.3) is 0 Å². The minimum Gasteiger partial charge on any atom is -0.381 e. The third kappa shape index (κ3) is 1.89. The van der Waals surface area contributed by atoms with Crippen LogP contribution < -0.4 is 5.73 Å². The number of aryl methyl sites for hydroxylation is 1. The molecule has 1 saturated heterocycles.